The van der Waals surface area contributed by atoms with Crippen molar-refractivity contribution >= 4 is 5.91 Å². The second-order valence-corrected chi connectivity index (χ2v) is 5.97. The van der Waals surface area contributed by atoms with Crippen LogP contribution < -0.4 is 5.73 Å². The molecule has 0 spiro atoms. The molecule has 0 saturated carbocycles. The van der Waals surface area contributed by atoms with Crippen molar-refractivity contribution in [2.75, 3.05) is 6.54 Å². The number of likely N-dealkylation sites (tertiary alicyclic amines) is 1. The van der Waals surface area contributed by atoms with Gasteiger partial charge in [-0.1, -0.05) is 13.8 Å². The topological polar surface area (TPSA) is 72.1 Å². The lowest BCUT2D eigenvalue weighted by atomic mass is 10.00. The first kappa shape index (κ1) is 14.9. The Hall–Kier alpha value is -1.49. The summed E-state index contributed by atoms with van der Waals surface area (Å²) in [6, 6.07) is 1.69. The summed E-state index contributed by atoms with van der Waals surface area (Å²) in [7, 11) is 0. The Morgan fingerprint density at radius 2 is 2.25 bits per heavy atom. The highest BCUT2D eigenvalue weighted by atomic mass is 16.2. The molecule has 1 aromatic rings. The summed E-state index contributed by atoms with van der Waals surface area (Å²) < 4.78 is 0. The van der Waals surface area contributed by atoms with Gasteiger partial charge in [0.2, 0.25) is 5.91 Å². The largest absolute Gasteiger partial charge is 0.332 e. The molecule has 1 saturated heterocycles. The number of aryl methyl sites for hydroxylation is 1. The molecule has 2 N–H and O–H groups in total. The molecule has 0 aromatic carbocycles. The van der Waals surface area contributed by atoms with Crippen molar-refractivity contribution in [1.29, 1.82) is 0 Å². The van der Waals surface area contributed by atoms with E-state index in [0.717, 1.165) is 30.9 Å². The molecule has 2 atom stereocenters. The summed E-state index contributed by atoms with van der Waals surface area (Å²) in [5.41, 5.74) is 7.20. The van der Waals surface area contributed by atoms with E-state index in [-0.39, 0.29) is 18.0 Å². The summed E-state index contributed by atoms with van der Waals surface area (Å²) in [4.78, 5) is 22.9. The molecule has 1 aromatic heterocycles. The number of hydrogen-bond acceptors (Lipinski definition) is 4. The summed E-state index contributed by atoms with van der Waals surface area (Å²) >= 11 is 0. The highest BCUT2D eigenvalue weighted by molar-refractivity contribution is 5.77. The molecule has 0 radical (unpaired) electrons. The van der Waals surface area contributed by atoms with Crippen LogP contribution in [0.15, 0.2) is 12.3 Å². The number of hydrogen-bond donors (Lipinski definition) is 1. The van der Waals surface area contributed by atoms with Gasteiger partial charge in [-0.25, -0.2) is 9.97 Å². The van der Waals surface area contributed by atoms with Crippen molar-refractivity contribution < 1.29 is 4.79 Å². The minimum Gasteiger partial charge on any atom is -0.332 e. The molecule has 1 aliphatic heterocycles. The first-order valence-electron chi connectivity index (χ1n) is 7.33. The molecule has 110 valence electrons. The van der Waals surface area contributed by atoms with E-state index < -0.39 is 0 Å². The second kappa shape index (κ2) is 6.31. The predicted molar refractivity (Wildman–Crippen MR) is 77.9 cm³/mol. The fourth-order valence-corrected chi connectivity index (χ4v) is 2.80. The molecule has 0 aliphatic carbocycles. The monoisotopic (exact) mass is 276 g/mol. The Labute approximate surface area is 120 Å². The van der Waals surface area contributed by atoms with Gasteiger partial charge in [-0.05, 0) is 31.7 Å². The third kappa shape index (κ3) is 3.33. The Kier molecular flexibility index (Phi) is 4.70. The van der Waals surface area contributed by atoms with Crippen molar-refractivity contribution in [2.24, 2.45) is 11.7 Å². The van der Waals surface area contributed by atoms with Crippen molar-refractivity contribution in [3.05, 3.63) is 23.8 Å². The van der Waals surface area contributed by atoms with Crippen LogP contribution in [0.2, 0.25) is 0 Å². The number of aromatic nitrogens is 2. The molecule has 20 heavy (non-hydrogen) atoms. The van der Waals surface area contributed by atoms with Crippen LogP contribution in [0.25, 0.3) is 0 Å². The molecule has 1 aliphatic rings. The van der Waals surface area contributed by atoms with Gasteiger partial charge in [-0.3, -0.25) is 4.79 Å². The Bertz CT molecular complexity index is 475. The lowest BCUT2D eigenvalue weighted by molar-refractivity contribution is -0.134. The number of carbonyl (C=O) groups excluding carboxylic acids is 1. The number of nitrogens with zero attached hydrogens (tertiary/aromatic N) is 3. The molecule has 2 heterocycles. The molecule has 2 rings (SSSR count). The predicted octanol–water partition coefficient (Wildman–Crippen LogP) is 1.82. The molecule has 1 fully saturated rings. The van der Waals surface area contributed by atoms with Crippen molar-refractivity contribution in [1.82, 2.24) is 14.9 Å². The summed E-state index contributed by atoms with van der Waals surface area (Å²) in [5, 5.41) is 0. The fraction of sp³-hybridized carbons (Fsp3) is 0.667. The summed E-state index contributed by atoms with van der Waals surface area (Å²) in [6.07, 6.45) is 4.04. The lowest BCUT2D eigenvalue weighted by Crippen LogP contribution is -2.44. The van der Waals surface area contributed by atoms with Crippen molar-refractivity contribution in [3.8, 4) is 0 Å². The first-order valence-corrected chi connectivity index (χ1v) is 7.33. The van der Waals surface area contributed by atoms with Gasteiger partial charge in [0.05, 0.1) is 11.7 Å². The van der Waals surface area contributed by atoms with Gasteiger partial charge >= 0.3 is 0 Å². The number of rotatable bonds is 3. The van der Waals surface area contributed by atoms with Gasteiger partial charge in [0, 0.05) is 25.2 Å². The molecule has 0 bridgehead atoms. The molecule has 5 heteroatoms. The van der Waals surface area contributed by atoms with Crippen LogP contribution in [0.3, 0.4) is 0 Å². The maximum atomic E-state index is 12.4. The standard InChI is InChI=1S/C15H24N4O/c1-10(2)9-19-14(20)6-4-5-12(16)15(19)13-7-8-17-11(3)18-13/h7-8,10,12,15H,4-6,9,16H2,1-3H3. The molecular weight excluding hydrogens is 252 g/mol. The number of carbonyl (C=O) groups is 1. The Morgan fingerprint density at radius 1 is 1.50 bits per heavy atom. The van der Waals surface area contributed by atoms with Crippen LogP contribution in [-0.2, 0) is 4.79 Å². The van der Waals surface area contributed by atoms with E-state index in [4.69, 9.17) is 5.73 Å². The quantitative estimate of drug-likeness (QED) is 0.914. The third-order valence-corrected chi connectivity index (χ3v) is 3.65. The first-order chi connectivity index (χ1) is 9.49. The normalized spacial score (nSPS) is 24.1. The maximum Gasteiger partial charge on any atom is 0.223 e. The van der Waals surface area contributed by atoms with Crippen LogP contribution in [-0.4, -0.2) is 33.4 Å². The lowest BCUT2D eigenvalue weighted by Gasteiger charge is -2.34. The van der Waals surface area contributed by atoms with Crippen molar-refractivity contribution in [2.45, 2.75) is 52.1 Å². The van der Waals surface area contributed by atoms with E-state index in [1.807, 2.05) is 17.9 Å². The van der Waals surface area contributed by atoms with E-state index in [2.05, 4.69) is 23.8 Å². The van der Waals surface area contributed by atoms with Crippen molar-refractivity contribution in [3.63, 3.8) is 0 Å². The van der Waals surface area contributed by atoms with Crippen LogP contribution in [0.5, 0.6) is 0 Å². The van der Waals surface area contributed by atoms with Gasteiger partial charge in [-0.2, -0.15) is 0 Å². The molecule has 1 amide bonds. The number of nitrogens with two attached hydrogens (primary N) is 1. The van der Waals surface area contributed by atoms with Crippen LogP contribution >= 0.6 is 0 Å². The Morgan fingerprint density at radius 3 is 2.90 bits per heavy atom. The minimum atomic E-state index is -0.130. The van der Waals surface area contributed by atoms with Crippen LogP contribution in [0.1, 0.15) is 50.7 Å². The average molecular weight is 276 g/mol. The van der Waals surface area contributed by atoms with Crippen LogP contribution in [0, 0.1) is 12.8 Å². The highest BCUT2D eigenvalue weighted by Crippen LogP contribution is 2.29. The molecular formula is C15H24N4O. The minimum absolute atomic E-state index is 0.0606. The summed E-state index contributed by atoms with van der Waals surface area (Å²) in [6.45, 7) is 6.82. The highest BCUT2D eigenvalue weighted by Gasteiger charge is 2.34. The average Bonchev–Trinajstić information content (AvgIpc) is 2.49. The van der Waals surface area contributed by atoms with E-state index in [0.29, 0.717) is 12.3 Å². The zero-order chi connectivity index (χ0) is 14.7. The molecule has 5 nitrogen and oxygen atoms in total. The van der Waals surface area contributed by atoms with Gasteiger partial charge in [-0.15, -0.1) is 0 Å². The van der Waals surface area contributed by atoms with Gasteiger partial charge in [0.25, 0.3) is 0 Å². The zero-order valence-electron chi connectivity index (χ0n) is 12.5. The smallest absolute Gasteiger partial charge is 0.223 e. The number of amides is 1. The van der Waals surface area contributed by atoms with E-state index in [1.54, 1.807) is 6.20 Å². The van der Waals surface area contributed by atoms with E-state index in [9.17, 15) is 4.79 Å². The SMILES string of the molecule is Cc1nccc(C2C(N)CCCC(=O)N2CC(C)C)n1. The Balaban J connectivity index is 2.38. The fourth-order valence-electron chi connectivity index (χ4n) is 2.80. The third-order valence-electron chi connectivity index (χ3n) is 3.65. The molecule has 2 unspecified atom stereocenters. The zero-order valence-corrected chi connectivity index (χ0v) is 12.5. The van der Waals surface area contributed by atoms with Gasteiger partial charge < -0.3 is 10.6 Å². The van der Waals surface area contributed by atoms with Gasteiger partial charge in [0.15, 0.2) is 0 Å². The van der Waals surface area contributed by atoms with Crippen LogP contribution in [0.4, 0.5) is 0 Å². The summed E-state index contributed by atoms with van der Waals surface area (Å²) in [5.74, 6) is 1.32. The maximum absolute atomic E-state index is 12.4. The van der Waals surface area contributed by atoms with E-state index in [1.165, 1.54) is 0 Å². The second-order valence-electron chi connectivity index (χ2n) is 5.97. The van der Waals surface area contributed by atoms with Gasteiger partial charge in [0.1, 0.15) is 5.82 Å². The van der Waals surface area contributed by atoms with E-state index >= 15 is 0 Å².